The molecule has 2 aromatic rings. The first-order valence-electron chi connectivity index (χ1n) is 5.90. The van der Waals surface area contributed by atoms with Crippen molar-refractivity contribution in [1.82, 2.24) is 10.2 Å². The second-order valence-corrected chi connectivity index (χ2v) is 3.93. The molecule has 1 N–H and O–H groups in total. The van der Waals surface area contributed by atoms with Crippen molar-refractivity contribution < 1.29 is 0 Å². The number of hydrogen-bond donors (Lipinski definition) is 1. The molecule has 0 unspecified atom stereocenters. The molecule has 0 atom stereocenters. The molecule has 1 heterocycles. The minimum Gasteiger partial charge on any atom is -0.369 e. The molecule has 0 spiro atoms. The van der Waals surface area contributed by atoms with Crippen molar-refractivity contribution >= 4 is 5.82 Å². The van der Waals surface area contributed by atoms with Gasteiger partial charge in [-0.25, -0.2) is 0 Å². The Hall–Kier alpha value is -2.41. The standard InChI is InChI=1S/C14H14N4/c15-11-13-8-9-14(18-17-13)16-10-4-7-12-5-2-1-3-6-12/h1-3,5-6,8-9H,4,7,10H2,(H,16,18). The minimum atomic E-state index is 0.338. The molecule has 0 aliphatic rings. The molecule has 0 saturated carbocycles. The minimum absolute atomic E-state index is 0.338. The van der Waals surface area contributed by atoms with E-state index < -0.39 is 0 Å². The van der Waals surface area contributed by atoms with E-state index in [2.05, 4.69) is 39.8 Å². The van der Waals surface area contributed by atoms with Gasteiger partial charge in [0.1, 0.15) is 11.9 Å². The van der Waals surface area contributed by atoms with E-state index >= 15 is 0 Å². The van der Waals surface area contributed by atoms with Gasteiger partial charge in [0.25, 0.3) is 0 Å². The largest absolute Gasteiger partial charge is 0.369 e. The molecule has 0 fully saturated rings. The van der Waals surface area contributed by atoms with Gasteiger partial charge in [0.15, 0.2) is 5.69 Å². The number of nitrogens with zero attached hydrogens (tertiary/aromatic N) is 3. The van der Waals surface area contributed by atoms with E-state index in [1.807, 2.05) is 12.1 Å². The van der Waals surface area contributed by atoms with Crippen molar-refractivity contribution in [2.24, 2.45) is 0 Å². The predicted molar refractivity (Wildman–Crippen MR) is 70.0 cm³/mol. The highest BCUT2D eigenvalue weighted by molar-refractivity contribution is 5.35. The van der Waals surface area contributed by atoms with Gasteiger partial charge >= 0.3 is 0 Å². The molecule has 2 rings (SSSR count). The lowest BCUT2D eigenvalue weighted by Crippen LogP contribution is -2.05. The number of nitriles is 1. The topological polar surface area (TPSA) is 61.6 Å². The summed E-state index contributed by atoms with van der Waals surface area (Å²) in [5, 5.41) is 19.4. The molecule has 0 amide bonds. The Balaban J connectivity index is 1.74. The summed E-state index contributed by atoms with van der Waals surface area (Å²) in [4.78, 5) is 0. The van der Waals surface area contributed by atoms with Crippen LogP contribution >= 0.6 is 0 Å². The summed E-state index contributed by atoms with van der Waals surface area (Å²) in [5.74, 6) is 0.710. The Morgan fingerprint density at radius 2 is 1.89 bits per heavy atom. The predicted octanol–water partition coefficient (Wildman–Crippen LogP) is 2.39. The van der Waals surface area contributed by atoms with E-state index in [1.54, 1.807) is 12.1 Å². The molecule has 1 aromatic heterocycles. The second-order valence-electron chi connectivity index (χ2n) is 3.93. The monoisotopic (exact) mass is 238 g/mol. The van der Waals surface area contributed by atoms with E-state index in [9.17, 15) is 0 Å². The maximum absolute atomic E-state index is 8.60. The van der Waals surface area contributed by atoms with Crippen molar-refractivity contribution in [3.8, 4) is 6.07 Å². The molecule has 4 nitrogen and oxygen atoms in total. The Bertz CT molecular complexity index is 514. The zero-order valence-electron chi connectivity index (χ0n) is 10.0. The summed E-state index contributed by atoms with van der Waals surface area (Å²) in [6.45, 7) is 0.843. The quantitative estimate of drug-likeness (QED) is 0.812. The number of rotatable bonds is 5. The van der Waals surface area contributed by atoms with Crippen LogP contribution in [0.3, 0.4) is 0 Å². The SMILES string of the molecule is N#Cc1ccc(NCCCc2ccccc2)nn1. The molecular weight excluding hydrogens is 224 g/mol. The summed E-state index contributed by atoms with van der Waals surface area (Å²) < 4.78 is 0. The normalized spacial score (nSPS) is 9.72. The molecule has 0 saturated heterocycles. The maximum Gasteiger partial charge on any atom is 0.163 e. The van der Waals surface area contributed by atoms with Gasteiger partial charge < -0.3 is 5.32 Å². The molecule has 0 radical (unpaired) electrons. The first-order valence-corrected chi connectivity index (χ1v) is 5.90. The van der Waals surface area contributed by atoms with Crippen LogP contribution in [0.4, 0.5) is 5.82 Å². The van der Waals surface area contributed by atoms with Crippen LogP contribution in [0.1, 0.15) is 17.7 Å². The van der Waals surface area contributed by atoms with E-state index in [0.717, 1.165) is 19.4 Å². The third-order valence-electron chi connectivity index (χ3n) is 2.57. The number of aryl methyl sites for hydroxylation is 1. The lowest BCUT2D eigenvalue weighted by molar-refractivity contribution is 0.852. The smallest absolute Gasteiger partial charge is 0.163 e. The van der Waals surface area contributed by atoms with Gasteiger partial charge in [0.2, 0.25) is 0 Å². The molecule has 90 valence electrons. The average molecular weight is 238 g/mol. The van der Waals surface area contributed by atoms with Gasteiger partial charge in [0.05, 0.1) is 0 Å². The zero-order chi connectivity index (χ0) is 12.6. The van der Waals surface area contributed by atoms with Crippen molar-refractivity contribution in [1.29, 1.82) is 5.26 Å². The highest BCUT2D eigenvalue weighted by Crippen LogP contribution is 2.04. The van der Waals surface area contributed by atoms with E-state index in [4.69, 9.17) is 5.26 Å². The maximum atomic E-state index is 8.60. The van der Waals surface area contributed by atoms with Crippen LogP contribution in [-0.4, -0.2) is 16.7 Å². The van der Waals surface area contributed by atoms with Gasteiger partial charge in [-0.3, -0.25) is 0 Å². The number of aromatic nitrogens is 2. The van der Waals surface area contributed by atoms with Crippen molar-refractivity contribution in [2.45, 2.75) is 12.8 Å². The van der Waals surface area contributed by atoms with Crippen LogP contribution < -0.4 is 5.32 Å². The van der Waals surface area contributed by atoms with Gasteiger partial charge in [-0.1, -0.05) is 30.3 Å². The Morgan fingerprint density at radius 1 is 1.06 bits per heavy atom. The Morgan fingerprint density at radius 3 is 2.56 bits per heavy atom. The lowest BCUT2D eigenvalue weighted by atomic mass is 10.1. The number of anilines is 1. The van der Waals surface area contributed by atoms with Gasteiger partial charge in [0, 0.05) is 6.54 Å². The van der Waals surface area contributed by atoms with Gasteiger partial charge in [-0.2, -0.15) is 5.26 Å². The fourth-order valence-corrected chi connectivity index (χ4v) is 1.64. The van der Waals surface area contributed by atoms with Crippen LogP contribution in [-0.2, 0) is 6.42 Å². The summed E-state index contributed by atoms with van der Waals surface area (Å²) in [7, 11) is 0. The first kappa shape index (κ1) is 12.1. The van der Waals surface area contributed by atoms with Crippen LogP contribution in [0.15, 0.2) is 42.5 Å². The summed E-state index contributed by atoms with van der Waals surface area (Å²) in [6.07, 6.45) is 2.07. The van der Waals surface area contributed by atoms with Crippen LogP contribution in [0.5, 0.6) is 0 Å². The molecular formula is C14H14N4. The fraction of sp³-hybridized carbons (Fsp3) is 0.214. The Kier molecular flexibility index (Phi) is 4.26. The van der Waals surface area contributed by atoms with Crippen molar-refractivity contribution in [3.05, 3.63) is 53.7 Å². The van der Waals surface area contributed by atoms with Crippen LogP contribution in [0.2, 0.25) is 0 Å². The molecule has 0 bridgehead atoms. The van der Waals surface area contributed by atoms with Crippen molar-refractivity contribution in [3.63, 3.8) is 0 Å². The van der Waals surface area contributed by atoms with E-state index in [1.165, 1.54) is 5.56 Å². The average Bonchev–Trinajstić information content (AvgIpc) is 2.45. The van der Waals surface area contributed by atoms with E-state index in [0.29, 0.717) is 11.5 Å². The number of benzene rings is 1. The van der Waals surface area contributed by atoms with Crippen molar-refractivity contribution in [2.75, 3.05) is 11.9 Å². The molecule has 1 aromatic carbocycles. The third kappa shape index (κ3) is 3.56. The zero-order valence-corrected chi connectivity index (χ0v) is 10.0. The fourth-order valence-electron chi connectivity index (χ4n) is 1.64. The van der Waals surface area contributed by atoms with Gasteiger partial charge in [-0.05, 0) is 30.5 Å². The summed E-state index contributed by atoms with van der Waals surface area (Å²) in [5.41, 5.74) is 1.68. The van der Waals surface area contributed by atoms with Crippen LogP contribution in [0, 0.1) is 11.3 Å². The molecule has 4 heteroatoms. The summed E-state index contributed by atoms with van der Waals surface area (Å²) in [6, 6.07) is 15.7. The Labute approximate surface area is 106 Å². The highest BCUT2D eigenvalue weighted by atomic mass is 15.2. The number of nitrogens with one attached hydrogen (secondary N) is 1. The summed E-state index contributed by atoms with van der Waals surface area (Å²) >= 11 is 0. The molecule has 18 heavy (non-hydrogen) atoms. The second kappa shape index (κ2) is 6.36. The highest BCUT2D eigenvalue weighted by Gasteiger charge is 1.96. The lowest BCUT2D eigenvalue weighted by Gasteiger charge is -2.04. The third-order valence-corrected chi connectivity index (χ3v) is 2.57. The molecule has 0 aliphatic heterocycles. The number of hydrogen-bond acceptors (Lipinski definition) is 4. The van der Waals surface area contributed by atoms with Crippen LogP contribution in [0.25, 0.3) is 0 Å². The molecule has 0 aliphatic carbocycles. The van der Waals surface area contributed by atoms with E-state index in [-0.39, 0.29) is 0 Å². The van der Waals surface area contributed by atoms with Gasteiger partial charge in [-0.15, -0.1) is 10.2 Å². The first-order chi connectivity index (χ1) is 8.88.